The second-order valence-corrected chi connectivity index (χ2v) is 4.39. The van der Waals surface area contributed by atoms with E-state index in [1.54, 1.807) is 0 Å². The topological polar surface area (TPSA) is 17.1 Å². The van der Waals surface area contributed by atoms with Crippen molar-refractivity contribution in [3.63, 3.8) is 0 Å². The maximum absolute atomic E-state index is 10.8. The Kier molecular flexibility index (Phi) is 3.48. The number of hydrogen-bond acceptors (Lipinski definition) is 1. The van der Waals surface area contributed by atoms with Crippen LogP contribution in [0.25, 0.3) is 0 Å². The van der Waals surface area contributed by atoms with Gasteiger partial charge < -0.3 is 0 Å². The van der Waals surface area contributed by atoms with E-state index in [0.29, 0.717) is 6.42 Å². The van der Waals surface area contributed by atoms with E-state index in [0.717, 1.165) is 12.8 Å². The van der Waals surface area contributed by atoms with Gasteiger partial charge in [0.05, 0.1) is 0 Å². The van der Waals surface area contributed by atoms with Crippen molar-refractivity contribution in [2.45, 2.75) is 30.0 Å². The van der Waals surface area contributed by atoms with E-state index in [2.05, 4.69) is 0 Å². The summed E-state index contributed by atoms with van der Waals surface area (Å²) in [5.74, 6) is -0.187. The highest BCUT2D eigenvalue weighted by molar-refractivity contribution is 6.64. The molecule has 0 heterocycles. The molecule has 3 unspecified atom stereocenters. The van der Waals surface area contributed by atoms with Gasteiger partial charge in [0.15, 0.2) is 0 Å². The lowest BCUT2D eigenvalue weighted by molar-refractivity contribution is -0.115. The van der Waals surface area contributed by atoms with Crippen LogP contribution in [0.1, 0.15) is 19.3 Å². The Morgan fingerprint density at radius 2 is 1.91 bits per heavy atom. The Morgan fingerprint density at radius 3 is 2.36 bits per heavy atom. The van der Waals surface area contributed by atoms with Crippen LogP contribution in [0.5, 0.6) is 0 Å². The molecule has 0 bridgehead atoms. The lowest BCUT2D eigenvalue weighted by atomic mass is 9.89. The molecule has 64 valence electrons. The first-order valence-electron chi connectivity index (χ1n) is 3.58. The third-order valence-corrected chi connectivity index (χ3v) is 3.16. The van der Waals surface area contributed by atoms with Gasteiger partial charge in [-0.05, 0) is 30.9 Å². The lowest BCUT2D eigenvalue weighted by Gasteiger charge is -2.26. The van der Waals surface area contributed by atoms with E-state index in [9.17, 15) is 4.79 Å². The fourth-order valence-corrected chi connectivity index (χ4v) is 2.51. The maximum atomic E-state index is 10.8. The number of carbonyl (C=O) groups is 1. The largest absolute Gasteiger partial charge is 0.281 e. The quantitative estimate of drug-likeness (QED) is 0.486. The minimum absolute atomic E-state index is 0.116. The molecule has 0 aromatic heterocycles. The minimum Gasteiger partial charge on any atom is -0.281 e. The fraction of sp³-hybridized carbons (Fsp3) is 0.857. The zero-order valence-corrected chi connectivity index (χ0v) is 8.16. The second kappa shape index (κ2) is 3.97. The van der Waals surface area contributed by atoms with E-state index in [4.69, 9.17) is 34.8 Å². The number of carbonyl (C=O) groups excluding carboxylic acids is 1. The van der Waals surface area contributed by atoms with Crippen LogP contribution >= 0.6 is 34.8 Å². The molecule has 1 aliphatic rings. The normalized spacial score (nSPS) is 38.6. The van der Waals surface area contributed by atoms with Gasteiger partial charge >= 0.3 is 0 Å². The molecular weight excluding hydrogens is 206 g/mol. The van der Waals surface area contributed by atoms with Gasteiger partial charge in [-0.15, -0.1) is 23.2 Å². The number of hydrogen-bond donors (Lipinski definition) is 0. The molecule has 1 saturated carbocycles. The first-order chi connectivity index (χ1) is 5.11. The summed E-state index contributed by atoms with van der Waals surface area (Å²) in [5.41, 5.74) is 0. The predicted octanol–water partition coefficient (Wildman–Crippen LogP) is 2.77. The van der Waals surface area contributed by atoms with Crippen molar-refractivity contribution in [1.82, 2.24) is 0 Å². The molecule has 0 aromatic carbocycles. The lowest BCUT2D eigenvalue weighted by Crippen LogP contribution is -2.29. The molecule has 1 fully saturated rings. The van der Waals surface area contributed by atoms with Crippen LogP contribution in [0.15, 0.2) is 0 Å². The van der Waals surface area contributed by atoms with Crippen molar-refractivity contribution < 1.29 is 4.79 Å². The Morgan fingerprint density at radius 1 is 1.27 bits per heavy atom. The van der Waals surface area contributed by atoms with Crippen molar-refractivity contribution in [2.75, 3.05) is 0 Å². The summed E-state index contributed by atoms with van der Waals surface area (Å²) in [5, 5.41) is -0.380. The average Bonchev–Trinajstić information content (AvgIpc) is 1.85. The standard InChI is InChI=1S/C7H9Cl3O/c8-4-1-2-5(7(10)11)6(9)3-4/h4-6H,1-3H2. The first kappa shape index (κ1) is 9.63. The van der Waals surface area contributed by atoms with Crippen LogP contribution in [0.2, 0.25) is 0 Å². The summed E-state index contributed by atoms with van der Waals surface area (Å²) in [6.45, 7) is 0. The van der Waals surface area contributed by atoms with Crippen LogP contribution in [-0.4, -0.2) is 16.0 Å². The third-order valence-electron chi connectivity index (χ3n) is 2.00. The highest BCUT2D eigenvalue weighted by Gasteiger charge is 2.31. The smallest absolute Gasteiger partial charge is 0.226 e. The highest BCUT2D eigenvalue weighted by atomic mass is 35.5. The van der Waals surface area contributed by atoms with Gasteiger partial charge in [-0.25, -0.2) is 0 Å². The van der Waals surface area contributed by atoms with Crippen molar-refractivity contribution in [1.29, 1.82) is 0 Å². The molecule has 4 heteroatoms. The van der Waals surface area contributed by atoms with E-state index in [1.807, 2.05) is 0 Å². The monoisotopic (exact) mass is 214 g/mol. The fourth-order valence-electron chi connectivity index (χ4n) is 1.32. The third kappa shape index (κ3) is 2.50. The van der Waals surface area contributed by atoms with Gasteiger partial charge in [-0.3, -0.25) is 4.79 Å². The van der Waals surface area contributed by atoms with Crippen molar-refractivity contribution in [3.05, 3.63) is 0 Å². The summed E-state index contributed by atoms with van der Waals surface area (Å²) in [6, 6.07) is 0. The Bertz CT molecular complexity index is 160. The maximum Gasteiger partial charge on any atom is 0.226 e. The molecule has 0 amide bonds. The molecule has 0 spiro atoms. The van der Waals surface area contributed by atoms with Gasteiger partial charge in [0, 0.05) is 16.7 Å². The summed E-state index contributed by atoms with van der Waals surface area (Å²) in [7, 11) is 0. The summed E-state index contributed by atoms with van der Waals surface area (Å²) in [6.07, 6.45) is 2.25. The summed E-state index contributed by atoms with van der Waals surface area (Å²) in [4.78, 5) is 10.8. The van der Waals surface area contributed by atoms with E-state index in [1.165, 1.54) is 0 Å². The molecule has 0 radical (unpaired) electrons. The Hall–Kier alpha value is 0.540. The van der Waals surface area contributed by atoms with Crippen LogP contribution in [0, 0.1) is 5.92 Å². The first-order valence-corrected chi connectivity index (χ1v) is 4.84. The minimum atomic E-state index is -0.325. The summed E-state index contributed by atoms with van der Waals surface area (Å²) < 4.78 is 0. The van der Waals surface area contributed by atoms with Crippen molar-refractivity contribution >= 4 is 40.0 Å². The second-order valence-electron chi connectivity index (χ2n) is 2.84. The number of halogens is 3. The van der Waals surface area contributed by atoms with Gasteiger partial charge in [-0.1, -0.05) is 0 Å². The van der Waals surface area contributed by atoms with Crippen molar-refractivity contribution in [3.8, 4) is 0 Å². The predicted molar refractivity (Wildman–Crippen MR) is 47.5 cm³/mol. The molecule has 3 atom stereocenters. The molecule has 1 nitrogen and oxygen atoms in total. The molecule has 0 aromatic rings. The Balaban J connectivity index is 2.50. The van der Waals surface area contributed by atoms with Gasteiger partial charge in [0.2, 0.25) is 5.24 Å². The van der Waals surface area contributed by atoms with Crippen LogP contribution < -0.4 is 0 Å². The van der Waals surface area contributed by atoms with Crippen LogP contribution in [0.4, 0.5) is 0 Å². The average molecular weight is 216 g/mol. The molecule has 0 aliphatic heterocycles. The van der Waals surface area contributed by atoms with Crippen molar-refractivity contribution in [2.24, 2.45) is 5.92 Å². The Labute approximate surface area is 81.0 Å². The molecule has 1 aliphatic carbocycles. The number of alkyl halides is 2. The zero-order valence-electron chi connectivity index (χ0n) is 5.90. The van der Waals surface area contributed by atoms with E-state index in [-0.39, 0.29) is 21.9 Å². The van der Waals surface area contributed by atoms with E-state index >= 15 is 0 Å². The zero-order chi connectivity index (χ0) is 8.43. The van der Waals surface area contributed by atoms with Crippen LogP contribution in [0.3, 0.4) is 0 Å². The molecular formula is C7H9Cl3O. The number of rotatable bonds is 1. The van der Waals surface area contributed by atoms with Crippen LogP contribution in [-0.2, 0) is 4.79 Å². The summed E-state index contributed by atoms with van der Waals surface area (Å²) >= 11 is 17.1. The van der Waals surface area contributed by atoms with E-state index < -0.39 is 0 Å². The highest BCUT2D eigenvalue weighted by Crippen LogP contribution is 2.32. The van der Waals surface area contributed by atoms with Gasteiger partial charge in [0.25, 0.3) is 0 Å². The van der Waals surface area contributed by atoms with Gasteiger partial charge in [0.1, 0.15) is 0 Å². The molecule has 0 saturated heterocycles. The SMILES string of the molecule is O=C(Cl)C1CCC(Cl)CC1Cl. The molecule has 11 heavy (non-hydrogen) atoms. The molecule has 1 rings (SSSR count). The molecule has 0 N–H and O–H groups in total. The van der Waals surface area contributed by atoms with Gasteiger partial charge in [-0.2, -0.15) is 0 Å².